The third-order valence-electron chi connectivity index (χ3n) is 1.97. The van der Waals surface area contributed by atoms with E-state index in [1.54, 1.807) is 27.4 Å². The molecule has 3 nitrogen and oxygen atoms in total. The molecule has 0 aromatic heterocycles. The smallest absolute Gasteiger partial charge is 0.377 e. The minimum absolute atomic E-state index is 0.737. The molecular formula is C9H18O3Si. The predicted octanol–water partition coefficient (Wildman–Crippen LogP) is 2.00. The van der Waals surface area contributed by atoms with E-state index < -0.39 is 8.80 Å². The fourth-order valence-corrected chi connectivity index (χ4v) is 2.71. The van der Waals surface area contributed by atoms with Crippen molar-refractivity contribution in [2.75, 3.05) is 21.3 Å². The van der Waals surface area contributed by atoms with Gasteiger partial charge in [-0.1, -0.05) is 24.8 Å². The van der Waals surface area contributed by atoms with Crippen molar-refractivity contribution in [2.24, 2.45) is 0 Å². The summed E-state index contributed by atoms with van der Waals surface area (Å²) in [7, 11) is 2.42. The van der Waals surface area contributed by atoms with Gasteiger partial charge in [-0.25, -0.2) is 0 Å². The van der Waals surface area contributed by atoms with Gasteiger partial charge in [0.25, 0.3) is 0 Å². The summed E-state index contributed by atoms with van der Waals surface area (Å²) in [5.74, 6) is 0. The van der Waals surface area contributed by atoms with E-state index in [9.17, 15) is 0 Å². The van der Waals surface area contributed by atoms with Gasteiger partial charge >= 0.3 is 8.80 Å². The lowest BCUT2D eigenvalue weighted by atomic mass is 10.2. The molecule has 0 N–H and O–H groups in total. The molecule has 4 heteroatoms. The Kier molecular flexibility index (Phi) is 5.90. The lowest BCUT2D eigenvalue weighted by molar-refractivity contribution is 0.124. The molecule has 0 fully saturated rings. The van der Waals surface area contributed by atoms with Crippen molar-refractivity contribution in [1.82, 2.24) is 0 Å². The highest BCUT2D eigenvalue weighted by Crippen LogP contribution is 2.18. The third-order valence-corrected chi connectivity index (χ3v) is 4.70. The summed E-state index contributed by atoms with van der Waals surface area (Å²) in [5.41, 5.74) is 0.975. The van der Waals surface area contributed by atoms with Gasteiger partial charge in [-0.15, -0.1) is 0 Å². The van der Waals surface area contributed by atoms with Crippen LogP contribution in [0.1, 0.15) is 6.42 Å². The molecular weight excluding hydrogens is 184 g/mol. The molecule has 0 atom stereocenters. The van der Waals surface area contributed by atoms with Crippen LogP contribution in [0.25, 0.3) is 0 Å². The summed E-state index contributed by atoms with van der Waals surface area (Å²) in [4.78, 5) is 0. The lowest BCUT2D eigenvalue weighted by Crippen LogP contribution is -2.42. The standard InChI is InChI=1S/C9H18O3Si/c1-6-9(2)7-8-13(10-3,11-4)12-5/h6H,1-2,7-8H2,3-5H3. The molecule has 0 spiro atoms. The van der Waals surface area contributed by atoms with Crippen LogP contribution in [0.4, 0.5) is 0 Å². The third kappa shape index (κ3) is 3.86. The molecule has 0 saturated carbocycles. The van der Waals surface area contributed by atoms with Crippen LogP contribution in [0.5, 0.6) is 0 Å². The van der Waals surface area contributed by atoms with E-state index in [2.05, 4.69) is 13.2 Å². The van der Waals surface area contributed by atoms with Crippen molar-refractivity contribution >= 4 is 8.80 Å². The molecule has 0 unspecified atom stereocenters. The maximum Gasteiger partial charge on any atom is 0.500 e. The van der Waals surface area contributed by atoms with E-state index in [0.717, 1.165) is 18.0 Å². The zero-order valence-electron chi connectivity index (χ0n) is 8.63. The van der Waals surface area contributed by atoms with Crippen LogP contribution in [-0.4, -0.2) is 30.1 Å². The number of allylic oxidation sites excluding steroid dienone is 2. The summed E-state index contributed by atoms with van der Waals surface area (Å²) in [6.07, 6.45) is 2.53. The highest BCUT2D eigenvalue weighted by Gasteiger charge is 2.36. The Labute approximate surface area is 81.4 Å². The Morgan fingerprint density at radius 1 is 1.23 bits per heavy atom. The van der Waals surface area contributed by atoms with Crippen molar-refractivity contribution < 1.29 is 13.3 Å². The summed E-state index contributed by atoms with van der Waals surface area (Å²) < 4.78 is 15.8. The highest BCUT2D eigenvalue weighted by atomic mass is 28.4. The molecule has 0 radical (unpaired) electrons. The zero-order chi connectivity index (χ0) is 10.3. The fourth-order valence-electron chi connectivity index (χ4n) is 0.972. The molecule has 13 heavy (non-hydrogen) atoms. The van der Waals surface area contributed by atoms with E-state index in [1.807, 2.05) is 0 Å². The summed E-state index contributed by atoms with van der Waals surface area (Å²) in [6.45, 7) is 7.45. The molecule has 0 aliphatic carbocycles. The summed E-state index contributed by atoms with van der Waals surface area (Å²) >= 11 is 0. The van der Waals surface area contributed by atoms with E-state index in [1.165, 1.54) is 0 Å². The molecule has 0 amide bonds. The first-order valence-corrected chi connectivity index (χ1v) is 6.03. The lowest BCUT2D eigenvalue weighted by Gasteiger charge is -2.24. The molecule has 0 aromatic carbocycles. The quantitative estimate of drug-likeness (QED) is 0.467. The molecule has 76 valence electrons. The van der Waals surface area contributed by atoms with Crippen molar-refractivity contribution in [3.63, 3.8) is 0 Å². The van der Waals surface area contributed by atoms with Crippen LogP contribution in [0.15, 0.2) is 24.8 Å². The van der Waals surface area contributed by atoms with Crippen molar-refractivity contribution in [3.05, 3.63) is 24.8 Å². The largest absolute Gasteiger partial charge is 0.500 e. The van der Waals surface area contributed by atoms with Gasteiger partial charge in [0, 0.05) is 27.4 Å². The summed E-state index contributed by atoms with van der Waals surface area (Å²) in [5, 5.41) is 0. The van der Waals surface area contributed by atoms with Gasteiger partial charge in [0.2, 0.25) is 0 Å². The number of hydrogen-bond acceptors (Lipinski definition) is 3. The number of hydrogen-bond donors (Lipinski definition) is 0. The topological polar surface area (TPSA) is 27.7 Å². The van der Waals surface area contributed by atoms with Crippen molar-refractivity contribution in [2.45, 2.75) is 12.5 Å². The second-order valence-corrected chi connectivity index (χ2v) is 5.75. The summed E-state index contributed by atoms with van der Waals surface area (Å²) in [6, 6.07) is 0.737. The molecule has 0 bridgehead atoms. The Balaban J connectivity index is 4.09. The minimum Gasteiger partial charge on any atom is -0.377 e. The molecule has 0 aromatic rings. The Morgan fingerprint density at radius 2 is 1.69 bits per heavy atom. The maximum atomic E-state index is 5.25. The first-order chi connectivity index (χ1) is 6.14. The van der Waals surface area contributed by atoms with Crippen LogP contribution in [0.3, 0.4) is 0 Å². The second kappa shape index (κ2) is 6.10. The van der Waals surface area contributed by atoms with Crippen LogP contribution in [-0.2, 0) is 13.3 Å². The predicted molar refractivity (Wildman–Crippen MR) is 55.5 cm³/mol. The first kappa shape index (κ1) is 12.6. The van der Waals surface area contributed by atoms with Crippen LogP contribution < -0.4 is 0 Å². The normalized spacial score (nSPS) is 11.3. The average molecular weight is 202 g/mol. The monoisotopic (exact) mass is 202 g/mol. The van der Waals surface area contributed by atoms with E-state index in [4.69, 9.17) is 13.3 Å². The van der Waals surface area contributed by atoms with Gasteiger partial charge in [0.1, 0.15) is 0 Å². The first-order valence-electron chi connectivity index (χ1n) is 4.09. The maximum absolute atomic E-state index is 5.25. The van der Waals surface area contributed by atoms with Gasteiger partial charge in [0.05, 0.1) is 0 Å². The highest BCUT2D eigenvalue weighted by molar-refractivity contribution is 6.60. The second-order valence-electron chi connectivity index (χ2n) is 2.66. The number of rotatable bonds is 7. The van der Waals surface area contributed by atoms with Crippen LogP contribution in [0, 0.1) is 0 Å². The average Bonchev–Trinajstić information content (AvgIpc) is 2.20. The van der Waals surface area contributed by atoms with Gasteiger partial charge in [-0.3, -0.25) is 0 Å². The van der Waals surface area contributed by atoms with Gasteiger partial charge in [-0.05, 0) is 6.42 Å². The Hall–Kier alpha value is -0.423. The van der Waals surface area contributed by atoms with Crippen molar-refractivity contribution in [1.29, 1.82) is 0 Å². The fraction of sp³-hybridized carbons (Fsp3) is 0.556. The Bertz CT molecular complexity index is 167. The van der Waals surface area contributed by atoms with E-state index >= 15 is 0 Å². The van der Waals surface area contributed by atoms with E-state index in [-0.39, 0.29) is 0 Å². The molecule has 0 rings (SSSR count). The molecule has 0 aliphatic heterocycles. The van der Waals surface area contributed by atoms with Crippen molar-refractivity contribution in [3.8, 4) is 0 Å². The van der Waals surface area contributed by atoms with Gasteiger partial charge in [0.15, 0.2) is 0 Å². The van der Waals surface area contributed by atoms with Crippen LogP contribution >= 0.6 is 0 Å². The molecule has 0 saturated heterocycles. The molecule has 0 heterocycles. The zero-order valence-corrected chi connectivity index (χ0v) is 9.63. The molecule has 0 aliphatic rings. The van der Waals surface area contributed by atoms with E-state index in [0.29, 0.717) is 0 Å². The Morgan fingerprint density at radius 3 is 2.00 bits per heavy atom. The minimum atomic E-state index is -2.41. The SMILES string of the molecule is C=CC(=C)CC[Si](OC)(OC)OC. The van der Waals surface area contributed by atoms with Gasteiger partial charge < -0.3 is 13.3 Å². The van der Waals surface area contributed by atoms with Gasteiger partial charge in [-0.2, -0.15) is 0 Å². The van der Waals surface area contributed by atoms with Crippen LogP contribution in [0.2, 0.25) is 6.04 Å².